The largest absolute Gasteiger partial charge is 0.488 e. The molecule has 0 saturated carbocycles. The molecule has 1 saturated heterocycles. The molecule has 1 fully saturated rings. The smallest absolute Gasteiger partial charge is 0.308 e. The lowest BCUT2D eigenvalue weighted by atomic mass is 9.97. The molecular formula is C18H26F2IN3O3. The van der Waals surface area contributed by atoms with Gasteiger partial charge in [0, 0.05) is 26.7 Å². The summed E-state index contributed by atoms with van der Waals surface area (Å²) in [5.41, 5.74) is 0.905. The first-order valence-corrected chi connectivity index (χ1v) is 8.56. The Balaban J connectivity index is 0.00000364. The molecule has 152 valence electrons. The fourth-order valence-corrected chi connectivity index (χ4v) is 2.91. The van der Waals surface area contributed by atoms with Crippen LogP contribution in [-0.2, 0) is 16.1 Å². The van der Waals surface area contributed by atoms with E-state index in [1.165, 1.54) is 7.11 Å². The number of rotatable bonds is 6. The fraction of sp³-hybridized carbons (Fsp3) is 0.556. The Hall–Kier alpha value is -1.65. The van der Waals surface area contributed by atoms with Crippen LogP contribution in [0, 0.1) is 5.92 Å². The van der Waals surface area contributed by atoms with Crippen molar-refractivity contribution in [1.29, 1.82) is 0 Å². The third-order valence-electron chi connectivity index (χ3n) is 4.27. The van der Waals surface area contributed by atoms with E-state index in [4.69, 9.17) is 9.47 Å². The molecule has 0 bridgehead atoms. The molecule has 0 amide bonds. The fourth-order valence-electron chi connectivity index (χ4n) is 2.91. The van der Waals surface area contributed by atoms with Crippen molar-refractivity contribution in [2.24, 2.45) is 10.9 Å². The summed E-state index contributed by atoms with van der Waals surface area (Å²) in [4.78, 5) is 18.0. The van der Waals surface area contributed by atoms with Gasteiger partial charge in [0.25, 0.3) is 6.43 Å². The Morgan fingerprint density at radius 1 is 1.37 bits per heavy atom. The zero-order chi connectivity index (χ0) is 18.9. The summed E-state index contributed by atoms with van der Waals surface area (Å²) in [6.45, 7) is 1.32. The summed E-state index contributed by atoms with van der Waals surface area (Å²) >= 11 is 0. The lowest BCUT2D eigenvalue weighted by Crippen LogP contribution is -2.46. The Kier molecular flexibility index (Phi) is 10.3. The van der Waals surface area contributed by atoms with Crippen molar-refractivity contribution in [2.75, 3.05) is 33.9 Å². The molecule has 1 aliphatic rings. The van der Waals surface area contributed by atoms with Crippen molar-refractivity contribution < 1.29 is 23.0 Å². The molecule has 0 radical (unpaired) electrons. The molecule has 0 atom stereocenters. The number of alkyl halides is 2. The molecule has 0 aliphatic carbocycles. The van der Waals surface area contributed by atoms with E-state index in [-0.39, 0.29) is 35.9 Å². The Bertz CT molecular complexity index is 624. The third-order valence-corrected chi connectivity index (χ3v) is 4.27. The minimum Gasteiger partial charge on any atom is -0.488 e. The Morgan fingerprint density at radius 2 is 2.07 bits per heavy atom. The van der Waals surface area contributed by atoms with E-state index in [1.54, 1.807) is 25.2 Å². The first-order chi connectivity index (χ1) is 12.5. The number of carbonyl (C=O) groups excluding carboxylic acids is 1. The number of esters is 1. The molecular weight excluding hydrogens is 471 g/mol. The van der Waals surface area contributed by atoms with Crippen molar-refractivity contribution >= 4 is 35.9 Å². The van der Waals surface area contributed by atoms with Crippen LogP contribution in [0.15, 0.2) is 29.3 Å². The number of nitrogens with zero attached hydrogens (tertiary/aromatic N) is 2. The molecule has 27 heavy (non-hydrogen) atoms. The summed E-state index contributed by atoms with van der Waals surface area (Å²) in [5.74, 6) is 0.942. The maximum Gasteiger partial charge on any atom is 0.308 e. The number of likely N-dealkylation sites (tertiary alicyclic amines) is 1. The lowest BCUT2D eigenvalue weighted by Gasteiger charge is -2.33. The number of carbonyl (C=O) groups is 1. The number of hydrogen-bond donors (Lipinski definition) is 1. The predicted molar refractivity (Wildman–Crippen MR) is 110 cm³/mol. The summed E-state index contributed by atoms with van der Waals surface area (Å²) in [7, 11) is 3.12. The number of aliphatic imine (C=N–C) groups is 1. The van der Waals surface area contributed by atoms with Gasteiger partial charge >= 0.3 is 5.97 Å². The van der Waals surface area contributed by atoms with Gasteiger partial charge in [-0.1, -0.05) is 12.1 Å². The molecule has 9 heteroatoms. The van der Waals surface area contributed by atoms with Gasteiger partial charge in [0.05, 0.1) is 13.0 Å². The first kappa shape index (κ1) is 23.4. The highest BCUT2D eigenvalue weighted by Gasteiger charge is 2.26. The van der Waals surface area contributed by atoms with Crippen molar-refractivity contribution in [1.82, 2.24) is 10.2 Å². The summed E-state index contributed by atoms with van der Waals surface area (Å²) in [6.07, 6.45) is -1.04. The van der Waals surface area contributed by atoms with Gasteiger partial charge in [0.1, 0.15) is 12.4 Å². The number of guanidine groups is 1. The summed E-state index contributed by atoms with van der Waals surface area (Å²) in [5, 5.41) is 3.26. The van der Waals surface area contributed by atoms with Crippen LogP contribution in [0.4, 0.5) is 8.78 Å². The first-order valence-electron chi connectivity index (χ1n) is 8.56. The topological polar surface area (TPSA) is 63.2 Å². The molecule has 1 N–H and O–H groups in total. The van der Waals surface area contributed by atoms with Gasteiger partial charge in [0.15, 0.2) is 5.96 Å². The van der Waals surface area contributed by atoms with Crippen LogP contribution < -0.4 is 10.1 Å². The van der Waals surface area contributed by atoms with Crippen LogP contribution in [0.25, 0.3) is 0 Å². The molecule has 1 aliphatic heterocycles. The van der Waals surface area contributed by atoms with Gasteiger partial charge in [-0.25, -0.2) is 8.78 Å². The second kappa shape index (κ2) is 11.9. The van der Waals surface area contributed by atoms with E-state index in [9.17, 15) is 13.6 Å². The number of benzene rings is 1. The normalized spacial score (nSPS) is 15.3. The number of piperidine rings is 1. The van der Waals surface area contributed by atoms with Gasteiger partial charge in [-0.3, -0.25) is 9.79 Å². The highest BCUT2D eigenvalue weighted by molar-refractivity contribution is 14.0. The maximum atomic E-state index is 12.2. The molecule has 6 nitrogen and oxygen atoms in total. The van der Waals surface area contributed by atoms with Crippen LogP contribution in [0.2, 0.25) is 0 Å². The van der Waals surface area contributed by atoms with Crippen LogP contribution in [0.3, 0.4) is 0 Å². The predicted octanol–water partition coefficient (Wildman–Crippen LogP) is 2.91. The summed E-state index contributed by atoms with van der Waals surface area (Å²) in [6, 6.07) is 7.03. The minimum atomic E-state index is -2.50. The van der Waals surface area contributed by atoms with E-state index in [0.29, 0.717) is 12.3 Å². The van der Waals surface area contributed by atoms with Crippen LogP contribution in [-0.4, -0.2) is 57.1 Å². The maximum absolute atomic E-state index is 12.2. The van der Waals surface area contributed by atoms with Crippen LogP contribution in [0.5, 0.6) is 5.75 Å². The van der Waals surface area contributed by atoms with Crippen molar-refractivity contribution in [3.8, 4) is 5.75 Å². The quantitative estimate of drug-likeness (QED) is 0.284. The second-order valence-electron chi connectivity index (χ2n) is 6.03. The average Bonchev–Trinajstić information content (AvgIpc) is 2.67. The average molecular weight is 497 g/mol. The number of nitrogens with one attached hydrogen (secondary N) is 1. The third kappa shape index (κ3) is 7.47. The highest BCUT2D eigenvalue weighted by Crippen LogP contribution is 2.19. The molecule has 1 heterocycles. The highest BCUT2D eigenvalue weighted by atomic mass is 127. The number of halogens is 3. The Morgan fingerprint density at radius 3 is 2.67 bits per heavy atom. The Labute approximate surface area is 175 Å². The van der Waals surface area contributed by atoms with Crippen molar-refractivity contribution in [2.45, 2.75) is 25.8 Å². The number of methoxy groups -OCH3 is 1. The molecule has 1 aromatic carbocycles. The number of ether oxygens (including phenoxy) is 2. The monoisotopic (exact) mass is 497 g/mol. The molecule has 0 unspecified atom stereocenters. The van der Waals surface area contributed by atoms with E-state index in [0.717, 1.165) is 37.5 Å². The standard InChI is InChI=1S/C18H25F2N3O3.HI/c1-21-18(23-8-6-14(7-9-23)17(24)25-2)22-11-13-4-3-5-15(10-13)26-12-16(19)20;/h3-5,10,14,16H,6-9,11-12H2,1-2H3,(H,21,22);1H. The molecule has 1 aromatic rings. The van der Waals surface area contributed by atoms with Crippen molar-refractivity contribution in [3.05, 3.63) is 29.8 Å². The lowest BCUT2D eigenvalue weighted by molar-refractivity contribution is -0.146. The van der Waals surface area contributed by atoms with Gasteiger partial charge in [-0.05, 0) is 30.5 Å². The van der Waals surface area contributed by atoms with E-state index in [1.807, 2.05) is 6.07 Å². The van der Waals surface area contributed by atoms with Gasteiger partial charge in [0.2, 0.25) is 0 Å². The minimum absolute atomic E-state index is 0. The second-order valence-corrected chi connectivity index (χ2v) is 6.03. The van der Waals surface area contributed by atoms with Crippen LogP contribution >= 0.6 is 24.0 Å². The van der Waals surface area contributed by atoms with Gasteiger partial charge in [-0.15, -0.1) is 24.0 Å². The molecule has 2 rings (SSSR count). The van der Waals surface area contributed by atoms with Crippen molar-refractivity contribution in [3.63, 3.8) is 0 Å². The SMILES string of the molecule is CN=C(NCc1cccc(OCC(F)F)c1)N1CCC(C(=O)OC)CC1.I. The summed E-state index contributed by atoms with van der Waals surface area (Å²) < 4.78 is 34.3. The van der Waals surface area contributed by atoms with E-state index < -0.39 is 13.0 Å². The van der Waals surface area contributed by atoms with E-state index in [2.05, 4.69) is 15.2 Å². The van der Waals surface area contributed by atoms with Gasteiger partial charge < -0.3 is 19.7 Å². The zero-order valence-electron chi connectivity index (χ0n) is 15.5. The zero-order valence-corrected chi connectivity index (χ0v) is 17.8. The molecule has 0 aromatic heterocycles. The number of hydrogen-bond acceptors (Lipinski definition) is 4. The van der Waals surface area contributed by atoms with E-state index >= 15 is 0 Å². The molecule has 0 spiro atoms. The van der Waals surface area contributed by atoms with Crippen LogP contribution in [0.1, 0.15) is 18.4 Å². The van der Waals surface area contributed by atoms with Gasteiger partial charge in [-0.2, -0.15) is 0 Å².